The molecule has 0 spiro atoms. The summed E-state index contributed by atoms with van der Waals surface area (Å²) in [6, 6.07) is 0.0328. The van der Waals surface area contributed by atoms with Crippen molar-refractivity contribution in [3.8, 4) is 0 Å². The molecule has 0 saturated heterocycles. The molecule has 0 aliphatic rings. The molecule has 0 aromatic rings. The van der Waals surface area contributed by atoms with Gasteiger partial charge in [-0.2, -0.15) is 0 Å². The Balaban J connectivity index is 4.38. The van der Waals surface area contributed by atoms with Crippen LogP contribution in [0.5, 0.6) is 0 Å². The molecule has 3 heteroatoms. The first-order valence-electron chi connectivity index (χ1n) is 4.73. The highest BCUT2D eigenvalue weighted by atomic mass is 35.5. The van der Waals surface area contributed by atoms with Crippen LogP contribution in [-0.2, 0) is 4.74 Å². The van der Waals surface area contributed by atoms with E-state index >= 15 is 0 Å². The fraction of sp³-hybridized carbons (Fsp3) is 0.545. The molecule has 0 heterocycles. The molecule has 0 rings (SSSR count). The molecular formula is C11H18ClNO. The molecule has 0 N–H and O–H groups in total. The van der Waals surface area contributed by atoms with E-state index in [1.54, 1.807) is 0 Å². The number of allylic oxidation sites excluding steroid dienone is 1. The van der Waals surface area contributed by atoms with Crippen molar-refractivity contribution in [3.05, 3.63) is 22.8 Å². The van der Waals surface area contributed by atoms with Gasteiger partial charge in [-0.3, -0.25) is 4.99 Å². The van der Waals surface area contributed by atoms with Gasteiger partial charge in [0.2, 0.25) is 0 Å². The molecule has 1 unspecified atom stereocenters. The molecule has 0 aliphatic carbocycles. The van der Waals surface area contributed by atoms with Crippen LogP contribution in [0.4, 0.5) is 0 Å². The largest absolute Gasteiger partial charge is 0.378 e. The molecule has 0 fully saturated rings. The van der Waals surface area contributed by atoms with E-state index in [-0.39, 0.29) is 6.04 Å². The lowest BCUT2D eigenvalue weighted by Crippen LogP contribution is -2.03. The first kappa shape index (κ1) is 13.4. The van der Waals surface area contributed by atoms with Gasteiger partial charge in [0, 0.05) is 11.6 Å². The third kappa shape index (κ3) is 4.58. The van der Waals surface area contributed by atoms with Gasteiger partial charge in [0.1, 0.15) is 0 Å². The van der Waals surface area contributed by atoms with Crippen LogP contribution in [0.2, 0.25) is 0 Å². The van der Waals surface area contributed by atoms with E-state index < -0.39 is 0 Å². The van der Waals surface area contributed by atoms with E-state index in [9.17, 15) is 0 Å². The zero-order chi connectivity index (χ0) is 11.0. The van der Waals surface area contributed by atoms with Crippen molar-refractivity contribution in [2.75, 3.05) is 13.2 Å². The van der Waals surface area contributed by atoms with Gasteiger partial charge in [0.25, 0.3) is 0 Å². The Hall–Kier alpha value is -0.600. The molecule has 0 bridgehead atoms. The molecule has 0 aromatic carbocycles. The second-order valence-electron chi connectivity index (χ2n) is 2.81. The summed E-state index contributed by atoms with van der Waals surface area (Å²) in [7, 11) is 0. The van der Waals surface area contributed by atoms with Crippen molar-refractivity contribution in [2.24, 2.45) is 4.99 Å². The number of ether oxygens (including phenoxy) is 1. The Labute approximate surface area is 91.3 Å². The van der Waals surface area contributed by atoms with Crippen LogP contribution in [0, 0.1) is 0 Å². The summed E-state index contributed by atoms with van der Waals surface area (Å²) in [6.45, 7) is 10.6. The van der Waals surface area contributed by atoms with Crippen molar-refractivity contribution < 1.29 is 4.74 Å². The average molecular weight is 216 g/mol. The van der Waals surface area contributed by atoms with Crippen LogP contribution in [0.15, 0.2) is 27.7 Å². The van der Waals surface area contributed by atoms with Crippen molar-refractivity contribution in [3.63, 3.8) is 0 Å². The van der Waals surface area contributed by atoms with Crippen LogP contribution in [0.1, 0.15) is 20.8 Å². The summed E-state index contributed by atoms with van der Waals surface area (Å²) in [5, 5.41) is 0.695. The van der Waals surface area contributed by atoms with Crippen molar-refractivity contribution >= 4 is 18.3 Å². The van der Waals surface area contributed by atoms with Gasteiger partial charge in [0.05, 0.1) is 12.6 Å². The first-order chi connectivity index (χ1) is 6.67. The maximum Gasteiger partial charge on any atom is 0.0724 e. The van der Waals surface area contributed by atoms with E-state index in [0.29, 0.717) is 18.2 Å². The minimum absolute atomic E-state index is 0.0328. The summed E-state index contributed by atoms with van der Waals surface area (Å²) in [6.07, 6.45) is 3.80. The molecule has 0 saturated carbocycles. The molecule has 0 aromatic heterocycles. The van der Waals surface area contributed by atoms with E-state index in [0.717, 1.165) is 5.57 Å². The molecule has 80 valence electrons. The number of hydrogen-bond acceptors (Lipinski definition) is 2. The SMILES string of the molecule is C=NC(C)C(=C/C)/C(Cl)=C\COCC. The maximum absolute atomic E-state index is 6.08. The Bertz CT molecular complexity index is 233. The van der Waals surface area contributed by atoms with Crippen LogP contribution in [0.25, 0.3) is 0 Å². The van der Waals surface area contributed by atoms with Crippen LogP contribution in [-0.4, -0.2) is 26.0 Å². The van der Waals surface area contributed by atoms with Gasteiger partial charge in [-0.25, -0.2) is 0 Å². The second kappa shape index (κ2) is 7.77. The lowest BCUT2D eigenvalue weighted by Gasteiger charge is -2.10. The number of hydrogen-bond donors (Lipinski definition) is 0. The number of nitrogens with zero attached hydrogens (tertiary/aromatic N) is 1. The molecular weight excluding hydrogens is 198 g/mol. The van der Waals surface area contributed by atoms with Crippen LogP contribution in [0.3, 0.4) is 0 Å². The van der Waals surface area contributed by atoms with Crippen LogP contribution < -0.4 is 0 Å². The smallest absolute Gasteiger partial charge is 0.0724 e. The number of rotatable bonds is 6. The number of halogens is 1. The highest BCUT2D eigenvalue weighted by molar-refractivity contribution is 6.32. The summed E-state index contributed by atoms with van der Waals surface area (Å²) in [5.41, 5.74) is 0.987. The monoisotopic (exact) mass is 215 g/mol. The third-order valence-corrected chi connectivity index (χ3v) is 2.27. The van der Waals surface area contributed by atoms with Gasteiger partial charge in [-0.05, 0) is 39.1 Å². The van der Waals surface area contributed by atoms with Gasteiger partial charge in [-0.1, -0.05) is 17.7 Å². The molecule has 2 nitrogen and oxygen atoms in total. The van der Waals surface area contributed by atoms with Crippen molar-refractivity contribution in [1.29, 1.82) is 0 Å². The Morgan fingerprint density at radius 1 is 1.64 bits per heavy atom. The second-order valence-corrected chi connectivity index (χ2v) is 3.22. The van der Waals surface area contributed by atoms with Gasteiger partial charge in [-0.15, -0.1) is 0 Å². The number of aliphatic imine (C=N–C) groups is 1. The fourth-order valence-corrected chi connectivity index (χ4v) is 1.37. The predicted molar refractivity (Wildman–Crippen MR) is 63.2 cm³/mol. The Kier molecular flexibility index (Phi) is 7.44. The third-order valence-electron chi connectivity index (χ3n) is 1.90. The first-order valence-corrected chi connectivity index (χ1v) is 5.10. The molecule has 0 radical (unpaired) electrons. The van der Waals surface area contributed by atoms with Crippen molar-refractivity contribution in [1.82, 2.24) is 0 Å². The van der Waals surface area contributed by atoms with E-state index in [2.05, 4.69) is 11.7 Å². The van der Waals surface area contributed by atoms with E-state index in [1.807, 2.05) is 32.9 Å². The lowest BCUT2D eigenvalue weighted by atomic mass is 10.1. The summed E-state index contributed by atoms with van der Waals surface area (Å²) in [4.78, 5) is 3.92. The van der Waals surface area contributed by atoms with E-state index in [4.69, 9.17) is 16.3 Å². The normalized spacial score (nSPS) is 15.4. The summed E-state index contributed by atoms with van der Waals surface area (Å²) >= 11 is 6.08. The Morgan fingerprint density at radius 3 is 2.71 bits per heavy atom. The highest BCUT2D eigenvalue weighted by Crippen LogP contribution is 2.20. The maximum atomic E-state index is 6.08. The van der Waals surface area contributed by atoms with Gasteiger partial charge in [0.15, 0.2) is 0 Å². The molecule has 14 heavy (non-hydrogen) atoms. The van der Waals surface area contributed by atoms with Crippen LogP contribution >= 0.6 is 11.6 Å². The standard InChI is InChI=1S/C11H18ClNO/c1-5-10(9(3)13-4)11(12)7-8-14-6-2/h5,7,9H,4,6,8H2,1-3H3/b10-5-,11-7+. The average Bonchev–Trinajstić information content (AvgIpc) is 2.19. The van der Waals surface area contributed by atoms with Gasteiger partial charge < -0.3 is 4.74 Å². The minimum Gasteiger partial charge on any atom is -0.378 e. The van der Waals surface area contributed by atoms with E-state index in [1.165, 1.54) is 0 Å². The fourth-order valence-electron chi connectivity index (χ4n) is 1.04. The minimum atomic E-state index is 0.0328. The zero-order valence-electron chi connectivity index (χ0n) is 9.09. The quantitative estimate of drug-likeness (QED) is 0.379. The molecule has 1 atom stereocenters. The predicted octanol–water partition coefficient (Wildman–Crippen LogP) is 3.18. The molecule has 0 amide bonds. The summed E-state index contributed by atoms with van der Waals surface area (Å²) < 4.78 is 5.18. The topological polar surface area (TPSA) is 21.6 Å². The highest BCUT2D eigenvalue weighted by Gasteiger charge is 2.07. The molecule has 0 aliphatic heterocycles. The van der Waals surface area contributed by atoms with Crippen molar-refractivity contribution in [2.45, 2.75) is 26.8 Å². The lowest BCUT2D eigenvalue weighted by molar-refractivity contribution is 0.177. The van der Waals surface area contributed by atoms with Gasteiger partial charge >= 0.3 is 0 Å². The zero-order valence-corrected chi connectivity index (χ0v) is 9.84. The Morgan fingerprint density at radius 2 is 2.29 bits per heavy atom. The summed E-state index contributed by atoms with van der Waals surface area (Å²) in [5.74, 6) is 0.